The molecule has 112 valence electrons. The lowest BCUT2D eigenvalue weighted by atomic mass is 9.73. The molecule has 2 aliphatic rings. The molecule has 0 spiro atoms. The Bertz CT molecular complexity index is 371. The Morgan fingerprint density at radius 2 is 1.80 bits per heavy atom. The van der Waals surface area contributed by atoms with Crippen LogP contribution >= 0.6 is 0 Å². The third kappa shape index (κ3) is 3.00. The van der Waals surface area contributed by atoms with Crippen LogP contribution in [0, 0.1) is 22.7 Å². The summed E-state index contributed by atoms with van der Waals surface area (Å²) in [5.41, 5.74) is -0.714. The second-order valence-corrected chi connectivity index (χ2v) is 6.75. The molecule has 0 atom stereocenters. The van der Waals surface area contributed by atoms with Gasteiger partial charge in [0.1, 0.15) is 5.41 Å². The van der Waals surface area contributed by atoms with Gasteiger partial charge in [0.2, 0.25) is 5.91 Å². The lowest BCUT2D eigenvalue weighted by Gasteiger charge is -2.39. The van der Waals surface area contributed by atoms with Crippen molar-refractivity contribution in [3.8, 4) is 6.07 Å². The van der Waals surface area contributed by atoms with Gasteiger partial charge in [-0.15, -0.1) is 0 Å². The van der Waals surface area contributed by atoms with Gasteiger partial charge in [0.25, 0.3) is 0 Å². The van der Waals surface area contributed by atoms with Crippen LogP contribution in [0.2, 0.25) is 0 Å². The molecule has 0 bridgehead atoms. The Balaban J connectivity index is 1.99. The van der Waals surface area contributed by atoms with Gasteiger partial charge in [0.15, 0.2) is 0 Å². The van der Waals surface area contributed by atoms with Crippen molar-refractivity contribution in [2.24, 2.45) is 11.3 Å². The zero-order valence-corrected chi connectivity index (χ0v) is 13.0. The maximum Gasteiger partial charge on any atom is 0.243 e. The fourth-order valence-corrected chi connectivity index (χ4v) is 3.97. The molecular weight excluding hydrogens is 248 g/mol. The van der Waals surface area contributed by atoms with Crippen molar-refractivity contribution >= 4 is 5.91 Å². The molecule has 2 fully saturated rings. The molecule has 2 saturated carbocycles. The minimum absolute atomic E-state index is 0.0969. The van der Waals surface area contributed by atoms with Gasteiger partial charge in [-0.05, 0) is 44.4 Å². The van der Waals surface area contributed by atoms with Crippen LogP contribution in [0.4, 0.5) is 0 Å². The zero-order chi connectivity index (χ0) is 14.6. The van der Waals surface area contributed by atoms with E-state index >= 15 is 0 Å². The summed E-state index contributed by atoms with van der Waals surface area (Å²) in [5.74, 6) is 0.939. The Morgan fingerprint density at radius 3 is 2.30 bits per heavy atom. The predicted octanol–water partition coefficient (Wildman–Crippen LogP) is 3.89. The molecule has 2 aliphatic carbocycles. The predicted molar refractivity (Wildman–Crippen MR) is 79.9 cm³/mol. The largest absolute Gasteiger partial charge is 0.341 e. The van der Waals surface area contributed by atoms with Crippen LogP contribution in [0.3, 0.4) is 0 Å². The number of carbonyl (C=O) groups is 1. The average molecular weight is 276 g/mol. The molecule has 0 aromatic carbocycles. The molecule has 2 rings (SSSR count). The summed E-state index contributed by atoms with van der Waals surface area (Å²) in [4.78, 5) is 14.7. The summed E-state index contributed by atoms with van der Waals surface area (Å²) in [7, 11) is 1.92. The monoisotopic (exact) mass is 276 g/mol. The van der Waals surface area contributed by atoms with Crippen LogP contribution in [0.1, 0.15) is 71.1 Å². The normalized spacial score (nSPS) is 29.4. The van der Waals surface area contributed by atoms with E-state index in [9.17, 15) is 10.1 Å². The van der Waals surface area contributed by atoms with E-state index in [1.807, 2.05) is 11.9 Å². The molecule has 0 aromatic rings. The number of hydrogen-bond donors (Lipinski definition) is 0. The standard InChI is InChI=1S/C17H28N2O/c1-3-14-7-9-15(10-8-14)19(2)16(20)17(13-18)11-5-4-6-12-17/h14-15H,3-12H2,1-2H3. The smallest absolute Gasteiger partial charge is 0.243 e. The van der Waals surface area contributed by atoms with Gasteiger partial charge in [-0.25, -0.2) is 0 Å². The van der Waals surface area contributed by atoms with Gasteiger partial charge in [-0.1, -0.05) is 32.6 Å². The average Bonchev–Trinajstić information content (AvgIpc) is 2.54. The maximum absolute atomic E-state index is 12.8. The molecule has 0 aliphatic heterocycles. The number of nitriles is 1. The van der Waals surface area contributed by atoms with Crippen LogP contribution in [0.15, 0.2) is 0 Å². The fourth-order valence-electron chi connectivity index (χ4n) is 3.97. The molecule has 0 radical (unpaired) electrons. The number of rotatable bonds is 3. The van der Waals surface area contributed by atoms with Gasteiger partial charge in [-0.3, -0.25) is 4.79 Å². The van der Waals surface area contributed by atoms with Gasteiger partial charge >= 0.3 is 0 Å². The van der Waals surface area contributed by atoms with Gasteiger partial charge in [0, 0.05) is 13.1 Å². The van der Waals surface area contributed by atoms with Crippen molar-refractivity contribution in [3.63, 3.8) is 0 Å². The van der Waals surface area contributed by atoms with Crippen molar-refractivity contribution in [1.82, 2.24) is 4.90 Å². The Labute approximate surface area is 123 Å². The highest BCUT2D eigenvalue weighted by atomic mass is 16.2. The maximum atomic E-state index is 12.8. The Hall–Kier alpha value is -1.04. The zero-order valence-electron chi connectivity index (χ0n) is 13.0. The second-order valence-electron chi connectivity index (χ2n) is 6.75. The van der Waals surface area contributed by atoms with Crippen molar-refractivity contribution in [3.05, 3.63) is 0 Å². The van der Waals surface area contributed by atoms with Crippen LogP contribution in [-0.2, 0) is 4.79 Å². The minimum atomic E-state index is -0.714. The van der Waals surface area contributed by atoms with Gasteiger partial charge < -0.3 is 4.90 Å². The summed E-state index contributed by atoms with van der Waals surface area (Å²) in [6, 6.07) is 2.72. The minimum Gasteiger partial charge on any atom is -0.341 e. The van der Waals surface area contributed by atoms with E-state index in [1.54, 1.807) is 0 Å². The van der Waals surface area contributed by atoms with E-state index in [-0.39, 0.29) is 5.91 Å². The summed E-state index contributed by atoms with van der Waals surface area (Å²) in [6.07, 6.45) is 10.7. The molecular formula is C17H28N2O. The second kappa shape index (κ2) is 6.61. The first kappa shape index (κ1) is 15.4. The van der Waals surface area contributed by atoms with Crippen molar-refractivity contribution in [2.75, 3.05) is 7.05 Å². The molecule has 0 heterocycles. The number of hydrogen-bond acceptors (Lipinski definition) is 2. The molecule has 3 heteroatoms. The first-order chi connectivity index (χ1) is 9.63. The van der Waals surface area contributed by atoms with E-state index in [1.165, 1.54) is 25.7 Å². The van der Waals surface area contributed by atoms with Crippen LogP contribution in [-0.4, -0.2) is 23.9 Å². The molecule has 0 aromatic heterocycles. The highest BCUT2D eigenvalue weighted by molar-refractivity contribution is 5.85. The van der Waals surface area contributed by atoms with Crippen LogP contribution in [0.5, 0.6) is 0 Å². The SMILES string of the molecule is CCC1CCC(N(C)C(=O)C2(C#N)CCCCC2)CC1. The Kier molecular flexibility index (Phi) is 5.07. The number of amides is 1. The van der Waals surface area contributed by atoms with Crippen LogP contribution < -0.4 is 0 Å². The van der Waals surface area contributed by atoms with Gasteiger partial charge in [-0.2, -0.15) is 5.26 Å². The lowest BCUT2D eigenvalue weighted by molar-refractivity contribution is -0.142. The highest BCUT2D eigenvalue weighted by Crippen LogP contribution is 2.39. The van der Waals surface area contributed by atoms with E-state index in [2.05, 4.69) is 13.0 Å². The third-order valence-electron chi connectivity index (χ3n) is 5.59. The third-order valence-corrected chi connectivity index (χ3v) is 5.59. The van der Waals surface area contributed by atoms with E-state index in [0.717, 1.165) is 44.4 Å². The van der Waals surface area contributed by atoms with E-state index in [4.69, 9.17) is 0 Å². The summed E-state index contributed by atoms with van der Waals surface area (Å²) >= 11 is 0. The molecule has 20 heavy (non-hydrogen) atoms. The summed E-state index contributed by atoms with van der Waals surface area (Å²) < 4.78 is 0. The van der Waals surface area contributed by atoms with Crippen molar-refractivity contribution in [2.45, 2.75) is 77.2 Å². The van der Waals surface area contributed by atoms with E-state index < -0.39 is 5.41 Å². The number of nitrogens with zero attached hydrogens (tertiary/aromatic N) is 2. The fraction of sp³-hybridized carbons (Fsp3) is 0.882. The number of carbonyl (C=O) groups excluding carboxylic acids is 1. The van der Waals surface area contributed by atoms with Crippen LogP contribution in [0.25, 0.3) is 0 Å². The molecule has 0 unspecified atom stereocenters. The summed E-state index contributed by atoms with van der Waals surface area (Å²) in [5, 5.41) is 9.54. The van der Waals surface area contributed by atoms with E-state index in [0.29, 0.717) is 6.04 Å². The molecule has 0 saturated heterocycles. The molecule has 3 nitrogen and oxygen atoms in total. The van der Waals surface area contributed by atoms with Crippen molar-refractivity contribution < 1.29 is 4.79 Å². The molecule has 1 amide bonds. The highest BCUT2D eigenvalue weighted by Gasteiger charge is 2.43. The molecule has 0 N–H and O–H groups in total. The van der Waals surface area contributed by atoms with Gasteiger partial charge in [0.05, 0.1) is 6.07 Å². The lowest BCUT2D eigenvalue weighted by Crippen LogP contribution is -2.48. The first-order valence-electron chi connectivity index (χ1n) is 8.31. The first-order valence-corrected chi connectivity index (χ1v) is 8.31. The quantitative estimate of drug-likeness (QED) is 0.785. The van der Waals surface area contributed by atoms with Crippen molar-refractivity contribution in [1.29, 1.82) is 5.26 Å². The topological polar surface area (TPSA) is 44.1 Å². The Morgan fingerprint density at radius 1 is 1.20 bits per heavy atom. The summed E-state index contributed by atoms with van der Waals surface area (Å²) in [6.45, 7) is 2.26.